The van der Waals surface area contributed by atoms with Crippen molar-refractivity contribution in [2.45, 2.75) is 58.8 Å². The molecule has 1 aliphatic heterocycles. The van der Waals surface area contributed by atoms with E-state index in [-0.39, 0.29) is 0 Å². The van der Waals surface area contributed by atoms with Crippen molar-refractivity contribution in [3.8, 4) is 0 Å². The smallest absolute Gasteiger partial charge is 0.000812 e. The molecular weight excluding hydrogens is 290 g/mol. The SMILES string of the molecule is CCCc1ccc(Cc2ccc3c(c2)CCNCC3)cc1CCC. The summed E-state index contributed by atoms with van der Waals surface area (Å²) in [6.07, 6.45) is 8.27. The normalized spacial score (nSPS) is 14.2. The van der Waals surface area contributed by atoms with Crippen LogP contribution in [0.1, 0.15) is 60.1 Å². The van der Waals surface area contributed by atoms with Gasteiger partial charge in [0, 0.05) is 0 Å². The minimum Gasteiger partial charge on any atom is -0.316 e. The highest BCUT2D eigenvalue weighted by Crippen LogP contribution is 2.21. The fraction of sp³-hybridized carbons (Fsp3) is 0.478. The third-order valence-corrected chi connectivity index (χ3v) is 5.13. The molecule has 0 unspecified atom stereocenters. The summed E-state index contributed by atoms with van der Waals surface area (Å²) in [5.74, 6) is 0. The predicted octanol–water partition coefficient (Wildman–Crippen LogP) is 4.87. The first-order chi connectivity index (χ1) is 11.8. The third kappa shape index (κ3) is 4.27. The molecule has 1 heteroatoms. The maximum Gasteiger partial charge on any atom is -0.000812 e. The van der Waals surface area contributed by atoms with Crippen molar-refractivity contribution >= 4 is 0 Å². The molecule has 1 N–H and O–H groups in total. The van der Waals surface area contributed by atoms with Crippen LogP contribution in [0.4, 0.5) is 0 Å². The van der Waals surface area contributed by atoms with Gasteiger partial charge in [-0.1, -0.05) is 63.1 Å². The second-order valence-electron chi connectivity index (χ2n) is 7.13. The first-order valence-electron chi connectivity index (χ1n) is 9.72. The molecule has 0 aliphatic carbocycles. The zero-order chi connectivity index (χ0) is 16.8. The summed E-state index contributed by atoms with van der Waals surface area (Å²) in [5.41, 5.74) is 9.13. The van der Waals surface area contributed by atoms with Gasteiger partial charge in [0.25, 0.3) is 0 Å². The number of hydrogen-bond acceptors (Lipinski definition) is 1. The Balaban J connectivity index is 1.80. The van der Waals surface area contributed by atoms with Gasteiger partial charge in [-0.2, -0.15) is 0 Å². The lowest BCUT2D eigenvalue weighted by Crippen LogP contribution is -2.16. The van der Waals surface area contributed by atoms with Gasteiger partial charge < -0.3 is 5.32 Å². The van der Waals surface area contributed by atoms with E-state index in [0.717, 1.165) is 19.5 Å². The number of fused-ring (bicyclic) bond motifs is 1. The summed E-state index contributed by atoms with van der Waals surface area (Å²) in [4.78, 5) is 0. The van der Waals surface area contributed by atoms with Gasteiger partial charge in [0.1, 0.15) is 0 Å². The number of aryl methyl sites for hydroxylation is 2. The van der Waals surface area contributed by atoms with Crippen LogP contribution < -0.4 is 5.32 Å². The summed E-state index contributed by atoms with van der Waals surface area (Å²) in [6.45, 7) is 6.78. The molecule has 1 aliphatic rings. The maximum atomic E-state index is 3.50. The average Bonchev–Trinajstić information content (AvgIpc) is 2.82. The van der Waals surface area contributed by atoms with Crippen molar-refractivity contribution in [1.82, 2.24) is 5.32 Å². The third-order valence-electron chi connectivity index (χ3n) is 5.13. The van der Waals surface area contributed by atoms with Gasteiger partial charge in [0.2, 0.25) is 0 Å². The summed E-state index contributed by atoms with van der Waals surface area (Å²) in [6, 6.07) is 14.3. The minimum atomic E-state index is 1.06. The summed E-state index contributed by atoms with van der Waals surface area (Å²) >= 11 is 0. The van der Waals surface area contributed by atoms with E-state index in [1.807, 2.05) is 0 Å². The van der Waals surface area contributed by atoms with Crippen LogP contribution in [-0.4, -0.2) is 13.1 Å². The molecule has 0 aromatic heterocycles. The van der Waals surface area contributed by atoms with Gasteiger partial charge in [0.05, 0.1) is 0 Å². The Labute approximate surface area is 147 Å². The largest absolute Gasteiger partial charge is 0.316 e. The Kier molecular flexibility index (Phi) is 6.09. The molecule has 0 fully saturated rings. The van der Waals surface area contributed by atoms with Crippen LogP contribution in [0.3, 0.4) is 0 Å². The van der Waals surface area contributed by atoms with Gasteiger partial charge in [-0.15, -0.1) is 0 Å². The molecule has 0 atom stereocenters. The standard InChI is InChI=1S/C23H31N/c1-3-5-20-9-7-18(16-22(20)6-4-2)15-19-8-10-21-11-13-24-14-12-23(21)17-19/h7-10,16-17,24H,3-6,11-15H2,1-2H3. The first kappa shape index (κ1) is 17.2. The van der Waals surface area contributed by atoms with Gasteiger partial charge in [0.15, 0.2) is 0 Å². The van der Waals surface area contributed by atoms with E-state index in [9.17, 15) is 0 Å². The second kappa shape index (κ2) is 8.48. The molecule has 1 nitrogen and oxygen atoms in total. The molecule has 1 heterocycles. The highest BCUT2D eigenvalue weighted by atomic mass is 14.8. The Bertz CT molecular complexity index is 672. The Hall–Kier alpha value is -1.60. The average molecular weight is 322 g/mol. The quantitative estimate of drug-likeness (QED) is 0.800. The van der Waals surface area contributed by atoms with Gasteiger partial charge >= 0.3 is 0 Å². The molecule has 0 radical (unpaired) electrons. The van der Waals surface area contributed by atoms with E-state index in [0.29, 0.717) is 0 Å². The Morgan fingerprint density at radius 2 is 1.42 bits per heavy atom. The van der Waals surface area contributed by atoms with Crippen LogP contribution in [0, 0.1) is 0 Å². The van der Waals surface area contributed by atoms with Crippen LogP contribution in [-0.2, 0) is 32.1 Å². The van der Waals surface area contributed by atoms with Crippen molar-refractivity contribution in [3.05, 3.63) is 69.8 Å². The first-order valence-corrected chi connectivity index (χ1v) is 9.72. The lowest BCUT2D eigenvalue weighted by molar-refractivity contribution is 0.711. The molecule has 0 spiro atoms. The van der Waals surface area contributed by atoms with E-state index >= 15 is 0 Å². The fourth-order valence-electron chi connectivity index (χ4n) is 3.88. The highest BCUT2D eigenvalue weighted by molar-refractivity contribution is 5.39. The maximum absolute atomic E-state index is 3.50. The topological polar surface area (TPSA) is 12.0 Å². The summed E-state index contributed by atoms with van der Waals surface area (Å²) in [5, 5.41) is 3.50. The molecule has 3 rings (SSSR count). The molecule has 2 aromatic carbocycles. The molecule has 24 heavy (non-hydrogen) atoms. The second-order valence-corrected chi connectivity index (χ2v) is 7.13. The number of hydrogen-bond donors (Lipinski definition) is 1. The predicted molar refractivity (Wildman–Crippen MR) is 104 cm³/mol. The molecular formula is C23H31N. The molecule has 128 valence electrons. The van der Waals surface area contributed by atoms with E-state index < -0.39 is 0 Å². The van der Waals surface area contributed by atoms with E-state index in [4.69, 9.17) is 0 Å². The monoisotopic (exact) mass is 321 g/mol. The van der Waals surface area contributed by atoms with E-state index in [2.05, 4.69) is 55.6 Å². The fourth-order valence-corrected chi connectivity index (χ4v) is 3.88. The summed E-state index contributed by atoms with van der Waals surface area (Å²) < 4.78 is 0. The van der Waals surface area contributed by atoms with Crippen molar-refractivity contribution in [3.63, 3.8) is 0 Å². The van der Waals surface area contributed by atoms with E-state index in [1.54, 1.807) is 16.7 Å². The highest BCUT2D eigenvalue weighted by Gasteiger charge is 2.09. The molecule has 0 amide bonds. The van der Waals surface area contributed by atoms with Crippen molar-refractivity contribution in [1.29, 1.82) is 0 Å². The van der Waals surface area contributed by atoms with Gasteiger partial charge in [-0.05, 0) is 78.6 Å². The van der Waals surface area contributed by atoms with Crippen LogP contribution in [0.25, 0.3) is 0 Å². The molecule has 2 aromatic rings. The molecule has 0 bridgehead atoms. The number of benzene rings is 2. The Morgan fingerprint density at radius 1 is 0.750 bits per heavy atom. The number of rotatable bonds is 6. The van der Waals surface area contributed by atoms with Crippen molar-refractivity contribution < 1.29 is 0 Å². The molecule has 0 saturated heterocycles. The molecule has 0 saturated carbocycles. The van der Waals surface area contributed by atoms with E-state index in [1.165, 1.54) is 55.2 Å². The zero-order valence-electron chi connectivity index (χ0n) is 15.3. The van der Waals surface area contributed by atoms with Crippen LogP contribution in [0.15, 0.2) is 36.4 Å². The van der Waals surface area contributed by atoms with Gasteiger partial charge in [-0.25, -0.2) is 0 Å². The van der Waals surface area contributed by atoms with Crippen molar-refractivity contribution in [2.75, 3.05) is 13.1 Å². The lowest BCUT2D eigenvalue weighted by Gasteiger charge is -2.12. The zero-order valence-corrected chi connectivity index (χ0v) is 15.3. The lowest BCUT2D eigenvalue weighted by atomic mass is 9.93. The van der Waals surface area contributed by atoms with Crippen molar-refractivity contribution in [2.24, 2.45) is 0 Å². The van der Waals surface area contributed by atoms with Gasteiger partial charge in [-0.3, -0.25) is 0 Å². The van der Waals surface area contributed by atoms with Crippen LogP contribution in [0.2, 0.25) is 0 Å². The number of nitrogens with one attached hydrogen (secondary N) is 1. The minimum absolute atomic E-state index is 1.06. The van der Waals surface area contributed by atoms with Crippen LogP contribution in [0.5, 0.6) is 0 Å². The van der Waals surface area contributed by atoms with Crippen LogP contribution >= 0.6 is 0 Å². The summed E-state index contributed by atoms with van der Waals surface area (Å²) in [7, 11) is 0. The Morgan fingerprint density at radius 3 is 2.21 bits per heavy atom.